The van der Waals surface area contributed by atoms with Crippen molar-refractivity contribution in [2.75, 3.05) is 0 Å². The number of hydrogen-bond acceptors (Lipinski definition) is 3. The van der Waals surface area contributed by atoms with Gasteiger partial charge in [0.2, 0.25) is 5.91 Å². The van der Waals surface area contributed by atoms with E-state index in [1.807, 2.05) is 11.4 Å². The molecule has 2 aliphatic carbocycles. The van der Waals surface area contributed by atoms with Crippen LogP contribution < -0.4 is 10.9 Å². The minimum Gasteiger partial charge on any atom is -0.273 e. The molecule has 0 unspecified atom stereocenters. The maximum Gasteiger partial charge on any atom is 0.279 e. The Labute approximate surface area is 116 Å². The summed E-state index contributed by atoms with van der Waals surface area (Å²) in [5.41, 5.74) is 5.00. The molecular weight excluding hydrogens is 260 g/mol. The molecular formula is C14H18N2O2S. The summed E-state index contributed by atoms with van der Waals surface area (Å²) >= 11 is 1.36. The molecule has 1 aromatic rings. The van der Waals surface area contributed by atoms with Crippen LogP contribution in [0.5, 0.6) is 0 Å². The van der Waals surface area contributed by atoms with Gasteiger partial charge >= 0.3 is 0 Å². The summed E-state index contributed by atoms with van der Waals surface area (Å²) < 4.78 is 0. The molecule has 4 nitrogen and oxygen atoms in total. The van der Waals surface area contributed by atoms with Crippen molar-refractivity contribution in [2.24, 2.45) is 17.8 Å². The molecule has 2 saturated carbocycles. The maximum atomic E-state index is 11.8. The van der Waals surface area contributed by atoms with Crippen molar-refractivity contribution >= 4 is 23.2 Å². The number of thiophene rings is 1. The highest BCUT2D eigenvalue weighted by Gasteiger charge is 2.40. The summed E-state index contributed by atoms with van der Waals surface area (Å²) in [6.45, 7) is 0. The van der Waals surface area contributed by atoms with Crippen molar-refractivity contribution in [3.63, 3.8) is 0 Å². The van der Waals surface area contributed by atoms with Crippen LogP contribution in [0, 0.1) is 17.8 Å². The van der Waals surface area contributed by atoms with Gasteiger partial charge in [0.05, 0.1) is 4.88 Å². The number of amides is 2. The molecule has 0 aromatic carbocycles. The van der Waals surface area contributed by atoms with E-state index in [1.165, 1.54) is 37.0 Å². The van der Waals surface area contributed by atoms with Gasteiger partial charge in [0.25, 0.3) is 5.91 Å². The van der Waals surface area contributed by atoms with Crippen LogP contribution in [0.1, 0.15) is 41.8 Å². The summed E-state index contributed by atoms with van der Waals surface area (Å²) in [7, 11) is 0. The van der Waals surface area contributed by atoms with Crippen LogP contribution in [0.2, 0.25) is 0 Å². The van der Waals surface area contributed by atoms with E-state index in [0.717, 1.165) is 11.8 Å². The minimum absolute atomic E-state index is 0.0672. The van der Waals surface area contributed by atoms with Crippen LogP contribution in [-0.4, -0.2) is 11.8 Å². The van der Waals surface area contributed by atoms with Crippen molar-refractivity contribution < 1.29 is 9.59 Å². The molecule has 3 rings (SSSR count). The van der Waals surface area contributed by atoms with Crippen molar-refractivity contribution in [1.82, 2.24) is 10.9 Å². The molecule has 0 aliphatic heterocycles. The van der Waals surface area contributed by atoms with Gasteiger partial charge in [-0.2, -0.15) is 0 Å². The monoisotopic (exact) mass is 278 g/mol. The molecule has 0 spiro atoms. The lowest BCUT2D eigenvalue weighted by Gasteiger charge is -2.20. The van der Waals surface area contributed by atoms with E-state index in [0.29, 0.717) is 17.2 Å². The zero-order valence-electron chi connectivity index (χ0n) is 10.7. The van der Waals surface area contributed by atoms with E-state index in [9.17, 15) is 9.59 Å². The highest BCUT2D eigenvalue weighted by atomic mass is 32.1. The predicted molar refractivity (Wildman–Crippen MR) is 73.5 cm³/mol. The Kier molecular flexibility index (Phi) is 3.55. The Hall–Kier alpha value is -1.36. The molecule has 5 heteroatoms. The molecule has 1 heterocycles. The van der Waals surface area contributed by atoms with Gasteiger partial charge < -0.3 is 0 Å². The average molecular weight is 278 g/mol. The smallest absolute Gasteiger partial charge is 0.273 e. The molecule has 102 valence electrons. The third-order valence-electron chi connectivity index (χ3n) is 4.39. The number of rotatable bonds is 3. The molecule has 19 heavy (non-hydrogen) atoms. The number of nitrogens with one attached hydrogen (secondary N) is 2. The Balaban J connectivity index is 1.43. The van der Waals surface area contributed by atoms with E-state index in [1.54, 1.807) is 6.07 Å². The van der Waals surface area contributed by atoms with Gasteiger partial charge in [0.15, 0.2) is 0 Å². The van der Waals surface area contributed by atoms with E-state index >= 15 is 0 Å². The van der Waals surface area contributed by atoms with E-state index in [4.69, 9.17) is 0 Å². The third-order valence-corrected chi connectivity index (χ3v) is 5.26. The molecule has 2 aliphatic rings. The zero-order chi connectivity index (χ0) is 13.2. The lowest BCUT2D eigenvalue weighted by atomic mass is 9.86. The molecule has 2 amide bonds. The van der Waals surface area contributed by atoms with Crippen LogP contribution in [0.25, 0.3) is 0 Å². The Morgan fingerprint density at radius 2 is 2.16 bits per heavy atom. The van der Waals surface area contributed by atoms with Gasteiger partial charge in [-0.15, -0.1) is 11.3 Å². The van der Waals surface area contributed by atoms with Gasteiger partial charge in [0, 0.05) is 6.42 Å². The van der Waals surface area contributed by atoms with Crippen molar-refractivity contribution in [3.05, 3.63) is 22.4 Å². The normalized spacial score (nSPS) is 28.3. The molecule has 1 aromatic heterocycles. The lowest BCUT2D eigenvalue weighted by Crippen LogP contribution is -2.42. The van der Waals surface area contributed by atoms with Crippen molar-refractivity contribution in [1.29, 1.82) is 0 Å². The fraction of sp³-hybridized carbons (Fsp3) is 0.571. The fourth-order valence-corrected chi connectivity index (χ4v) is 4.13. The number of fused-ring (bicyclic) bond motifs is 2. The van der Waals surface area contributed by atoms with Gasteiger partial charge in [-0.1, -0.05) is 12.5 Å². The molecule has 2 N–H and O–H groups in total. The first-order valence-corrected chi connectivity index (χ1v) is 7.73. The largest absolute Gasteiger partial charge is 0.279 e. The van der Waals surface area contributed by atoms with Gasteiger partial charge in [0.1, 0.15) is 0 Å². The first kappa shape index (κ1) is 12.7. The maximum absolute atomic E-state index is 11.8. The second-order valence-electron chi connectivity index (χ2n) is 5.62. The molecule has 3 atom stereocenters. The van der Waals surface area contributed by atoms with Crippen LogP contribution >= 0.6 is 11.3 Å². The molecule has 0 radical (unpaired) electrons. The van der Waals surface area contributed by atoms with E-state index in [-0.39, 0.29) is 11.8 Å². The number of carbonyl (C=O) groups is 2. The number of carbonyl (C=O) groups excluding carboxylic acids is 2. The number of hydrogen-bond donors (Lipinski definition) is 2. The first-order valence-electron chi connectivity index (χ1n) is 6.85. The summed E-state index contributed by atoms with van der Waals surface area (Å²) in [6, 6.07) is 3.55. The summed E-state index contributed by atoms with van der Waals surface area (Å²) in [4.78, 5) is 24.1. The molecule has 2 fully saturated rings. The van der Waals surface area contributed by atoms with Crippen LogP contribution in [-0.2, 0) is 4.79 Å². The predicted octanol–water partition coefficient (Wildman–Crippen LogP) is 2.34. The second-order valence-corrected chi connectivity index (χ2v) is 6.57. The minimum atomic E-state index is -0.240. The lowest BCUT2D eigenvalue weighted by molar-refractivity contribution is -0.123. The topological polar surface area (TPSA) is 58.2 Å². The first-order chi connectivity index (χ1) is 9.22. The second kappa shape index (κ2) is 5.33. The fourth-order valence-electron chi connectivity index (χ4n) is 3.51. The Morgan fingerprint density at radius 3 is 2.79 bits per heavy atom. The highest BCUT2D eigenvalue weighted by molar-refractivity contribution is 7.12. The number of hydrazine groups is 1. The zero-order valence-corrected chi connectivity index (χ0v) is 11.5. The Bertz CT molecular complexity index is 472. The summed E-state index contributed by atoms with van der Waals surface area (Å²) in [5.74, 6) is 1.81. The van der Waals surface area contributed by atoms with Crippen LogP contribution in [0.15, 0.2) is 17.5 Å². The van der Waals surface area contributed by atoms with Gasteiger partial charge in [-0.3, -0.25) is 20.4 Å². The quantitative estimate of drug-likeness (QED) is 0.834. The van der Waals surface area contributed by atoms with Crippen molar-refractivity contribution in [2.45, 2.75) is 32.1 Å². The third kappa shape index (κ3) is 2.81. The highest BCUT2D eigenvalue weighted by Crippen LogP contribution is 2.49. The van der Waals surface area contributed by atoms with Crippen LogP contribution in [0.3, 0.4) is 0 Å². The Morgan fingerprint density at radius 1 is 1.26 bits per heavy atom. The van der Waals surface area contributed by atoms with E-state index in [2.05, 4.69) is 10.9 Å². The van der Waals surface area contributed by atoms with E-state index < -0.39 is 0 Å². The van der Waals surface area contributed by atoms with Crippen LogP contribution in [0.4, 0.5) is 0 Å². The summed E-state index contributed by atoms with van der Waals surface area (Å²) in [5, 5.41) is 1.84. The SMILES string of the molecule is O=C(C[C@H]1C[C@H]2CC[C@@H]1C2)NNC(=O)c1cccs1. The van der Waals surface area contributed by atoms with Crippen molar-refractivity contribution in [3.8, 4) is 0 Å². The van der Waals surface area contributed by atoms with Gasteiger partial charge in [-0.05, 0) is 48.5 Å². The molecule has 2 bridgehead atoms. The summed E-state index contributed by atoms with van der Waals surface area (Å²) in [6.07, 6.45) is 5.67. The van der Waals surface area contributed by atoms with Gasteiger partial charge in [-0.25, -0.2) is 0 Å². The average Bonchev–Trinajstić information content (AvgIpc) is 3.12. The standard InChI is InChI=1S/C14H18N2O2S/c17-13(8-11-7-9-3-4-10(11)6-9)15-16-14(18)12-2-1-5-19-12/h1-2,5,9-11H,3-4,6-8H2,(H,15,17)(H,16,18)/t9-,10+,11+/m0/s1. The molecule has 0 saturated heterocycles.